The lowest BCUT2D eigenvalue weighted by atomic mass is 10.1. The number of hydrogen-bond donors (Lipinski definition) is 2. The van der Waals surface area contributed by atoms with E-state index in [4.69, 9.17) is 21.7 Å². The van der Waals surface area contributed by atoms with Crippen molar-refractivity contribution >= 4 is 41.2 Å². The standard InChI is InChI=1S/C15H14N2O5S/c1-3-12(18)22-10-5-4-8(7-11(10)21-2)6-9-13(19)16-15(23)17-14(9)20/h4-7H,3H2,1-2H3,(H2,16,17,19,20,23). The monoisotopic (exact) mass is 334 g/mol. The highest BCUT2D eigenvalue weighted by Crippen LogP contribution is 2.29. The number of nitrogens with one attached hydrogen (secondary N) is 2. The van der Waals surface area contributed by atoms with Gasteiger partial charge in [0.1, 0.15) is 5.57 Å². The number of rotatable bonds is 4. The van der Waals surface area contributed by atoms with Crippen LogP contribution in [0.3, 0.4) is 0 Å². The van der Waals surface area contributed by atoms with Gasteiger partial charge < -0.3 is 9.47 Å². The minimum atomic E-state index is -0.584. The van der Waals surface area contributed by atoms with Gasteiger partial charge in [0.2, 0.25) is 0 Å². The van der Waals surface area contributed by atoms with Gasteiger partial charge in [0.15, 0.2) is 16.6 Å². The van der Waals surface area contributed by atoms with Gasteiger partial charge in [-0.1, -0.05) is 13.0 Å². The molecule has 0 unspecified atom stereocenters. The summed E-state index contributed by atoms with van der Waals surface area (Å²) in [6.07, 6.45) is 1.62. The van der Waals surface area contributed by atoms with Crippen LogP contribution in [0, 0.1) is 0 Å². The van der Waals surface area contributed by atoms with Crippen LogP contribution in [0.1, 0.15) is 18.9 Å². The average molecular weight is 334 g/mol. The summed E-state index contributed by atoms with van der Waals surface area (Å²) in [6, 6.07) is 4.68. The van der Waals surface area contributed by atoms with E-state index in [1.54, 1.807) is 19.1 Å². The highest BCUT2D eigenvalue weighted by atomic mass is 32.1. The Bertz CT molecular complexity index is 705. The molecule has 0 bridgehead atoms. The first-order valence-corrected chi connectivity index (χ1v) is 7.12. The van der Waals surface area contributed by atoms with Gasteiger partial charge in [0.25, 0.3) is 11.8 Å². The third-order valence-electron chi connectivity index (χ3n) is 2.95. The Balaban J connectivity index is 2.32. The summed E-state index contributed by atoms with van der Waals surface area (Å²) in [5, 5.41) is 4.66. The quantitative estimate of drug-likeness (QED) is 0.280. The number of esters is 1. The van der Waals surface area contributed by atoms with Crippen LogP contribution in [0.15, 0.2) is 23.8 Å². The van der Waals surface area contributed by atoms with Crippen LogP contribution in [-0.4, -0.2) is 30.0 Å². The van der Waals surface area contributed by atoms with Gasteiger partial charge in [-0.15, -0.1) is 0 Å². The minimum Gasteiger partial charge on any atom is -0.493 e. The van der Waals surface area contributed by atoms with Gasteiger partial charge in [-0.3, -0.25) is 25.0 Å². The lowest BCUT2D eigenvalue weighted by Crippen LogP contribution is -2.51. The third-order valence-corrected chi connectivity index (χ3v) is 3.16. The van der Waals surface area contributed by atoms with E-state index in [0.717, 1.165) is 0 Å². The number of benzene rings is 1. The summed E-state index contributed by atoms with van der Waals surface area (Å²) in [6.45, 7) is 1.68. The van der Waals surface area contributed by atoms with E-state index in [0.29, 0.717) is 11.3 Å². The summed E-state index contributed by atoms with van der Waals surface area (Å²) >= 11 is 4.73. The molecule has 0 aliphatic carbocycles. The van der Waals surface area contributed by atoms with Crippen molar-refractivity contribution in [3.05, 3.63) is 29.3 Å². The van der Waals surface area contributed by atoms with Gasteiger partial charge >= 0.3 is 5.97 Å². The zero-order chi connectivity index (χ0) is 17.0. The largest absolute Gasteiger partial charge is 0.493 e. The summed E-state index contributed by atoms with van der Waals surface area (Å²) in [4.78, 5) is 35.0. The molecule has 1 saturated heterocycles. The summed E-state index contributed by atoms with van der Waals surface area (Å²) in [5.74, 6) is -0.985. The Morgan fingerprint density at radius 3 is 2.43 bits per heavy atom. The molecule has 2 amide bonds. The van der Waals surface area contributed by atoms with Gasteiger partial charge in [0, 0.05) is 6.42 Å². The maximum atomic E-state index is 11.8. The number of ether oxygens (including phenoxy) is 2. The van der Waals surface area contributed by atoms with E-state index in [9.17, 15) is 14.4 Å². The number of amides is 2. The predicted molar refractivity (Wildman–Crippen MR) is 85.8 cm³/mol. The molecule has 8 heteroatoms. The molecule has 0 radical (unpaired) electrons. The smallest absolute Gasteiger partial charge is 0.311 e. The van der Waals surface area contributed by atoms with Crippen molar-refractivity contribution in [3.63, 3.8) is 0 Å². The number of thiocarbonyl (C=S) groups is 1. The second-order valence-electron chi connectivity index (χ2n) is 4.53. The molecule has 2 rings (SSSR count). The Kier molecular flexibility index (Phi) is 5.07. The van der Waals surface area contributed by atoms with Gasteiger partial charge in [-0.25, -0.2) is 0 Å². The summed E-state index contributed by atoms with van der Waals surface area (Å²) in [7, 11) is 1.42. The fraction of sp³-hybridized carbons (Fsp3) is 0.200. The zero-order valence-electron chi connectivity index (χ0n) is 12.5. The van der Waals surface area contributed by atoms with Crippen molar-refractivity contribution in [1.29, 1.82) is 0 Å². The second-order valence-corrected chi connectivity index (χ2v) is 4.94. The first-order valence-electron chi connectivity index (χ1n) is 6.71. The van der Waals surface area contributed by atoms with Crippen molar-refractivity contribution in [3.8, 4) is 11.5 Å². The van der Waals surface area contributed by atoms with Crippen LogP contribution >= 0.6 is 12.2 Å². The van der Waals surface area contributed by atoms with E-state index in [2.05, 4.69) is 10.6 Å². The lowest BCUT2D eigenvalue weighted by molar-refractivity contribution is -0.134. The van der Waals surface area contributed by atoms with Crippen molar-refractivity contribution in [2.45, 2.75) is 13.3 Å². The number of carbonyl (C=O) groups excluding carboxylic acids is 3. The highest BCUT2D eigenvalue weighted by Gasteiger charge is 2.25. The minimum absolute atomic E-state index is 0.0310. The number of hydrogen-bond acceptors (Lipinski definition) is 6. The van der Waals surface area contributed by atoms with Crippen LogP contribution < -0.4 is 20.1 Å². The van der Waals surface area contributed by atoms with E-state index in [1.165, 1.54) is 19.3 Å². The molecular formula is C15H14N2O5S. The normalized spacial score (nSPS) is 14.0. The van der Waals surface area contributed by atoms with Gasteiger partial charge in [-0.05, 0) is 36.0 Å². The first-order chi connectivity index (χ1) is 10.9. The Morgan fingerprint density at radius 2 is 1.87 bits per heavy atom. The maximum absolute atomic E-state index is 11.8. The van der Waals surface area contributed by atoms with Gasteiger partial charge in [-0.2, -0.15) is 0 Å². The summed E-state index contributed by atoms with van der Waals surface area (Å²) in [5.41, 5.74) is 0.449. The molecule has 1 aromatic carbocycles. The average Bonchev–Trinajstić information content (AvgIpc) is 2.51. The highest BCUT2D eigenvalue weighted by molar-refractivity contribution is 7.80. The van der Waals surface area contributed by atoms with Crippen molar-refractivity contribution in [2.24, 2.45) is 0 Å². The van der Waals surface area contributed by atoms with Crippen LogP contribution in [0.2, 0.25) is 0 Å². The number of methoxy groups -OCH3 is 1. The maximum Gasteiger partial charge on any atom is 0.311 e. The Labute approximate surface area is 137 Å². The molecule has 1 fully saturated rings. The van der Waals surface area contributed by atoms with E-state index in [1.807, 2.05) is 0 Å². The summed E-state index contributed by atoms with van der Waals surface area (Å²) < 4.78 is 10.3. The van der Waals surface area contributed by atoms with E-state index >= 15 is 0 Å². The lowest BCUT2D eigenvalue weighted by Gasteiger charge is -2.16. The Morgan fingerprint density at radius 1 is 1.22 bits per heavy atom. The SMILES string of the molecule is CCC(=O)Oc1ccc(C=C2C(=O)NC(=S)NC2=O)cc1OC. The molecule has 0 aromatic heterocycles. The Hall–Kier alpha value is -2.74. The fourth-order valence-corrected chi connectivity index (χ4v) is 2.01. The number of carbonyl (C=O) groups is 3. The zero-order valence-corrected chi connectivity index (χ0v) is 13.3. The van der Waals surface area contributed by atoms with Crippen LogP contribution in [0.25, 0.3) is 6.08 Å². The van der Waals surface area contributed by atoms with Gasteiger partial charge in [0.05, 0.1) is 7.11 Å². The van der Waals surface area contributed by atoms with Crippen LogP contribution in [-0.2, 0) is 14.4 Å². The molecule has 1 aliphatic heterocycles. The third kappa shape index (κ3) is 3.92. The molecule has 7 nitrogen and oxygen atoms in total. The molecule has 0 atom stereocenters. The van der Waals surface area contributed by atoms with E-state index in [-0.39, 0.29) is 22.9 Å². The predicted octanol–water partition coefficient (Wildman–Crippen LogP) is 0.925. The second kappa shape index (κ2) is 7.01. The van der Waals surface area contributed by atoms with Crippen LogP contribution in [0.4, 0.5) is 0 Å². The molecule has 1 heterocycles. The van der Waals surface area contributed by atoms with E-state index < -0.39 is 17.8 Å². The molecule has 23 heavy (non-hydrogen) atoms. The topological polar surface area (TPSA) is 93.7 Å². The van der Waals surface area contributed by atoms with Crippen molar-refractivity contribution < 1.29 is 23.9 Å². The molecule has 1 aromatic rings. The molecule has 120 valence electrons. The van der Waals surface area contributed by atoms with Crippen molar-refractivity contribution in [2.75, 3.05) is 7.11 Å². The molecule has 2 N–H and O–H groups in total. The van der Waals surface area contributed by atoms with Crippen LogP contribution in [0.5, 0.6) is 11.5 Å². The molecule has 0 saturated carbocycles. The molecule has 1 aliphatic rings. The molecule has 0 spiro atoms. The first kappa shape index (κ1) is 16.6. The van der Waals surface area contributed by atoms with Crippen molar-refractivity contribution in [1.82, 2.24) is 10.6 Å². The fourth-order valence-electron chi connectivity index (χ4n) is 1.83. The molecular weight excluding hydrogens is 320 g/mol.